The highest BCUT2D eigenvalue weighted by molar-refractivity contribution is 5.87. The Labute approximate surface area is 174 Å². The molecule has 2 aromatic heterocycles. The topological polar surface area (TPSA) is 80.9 Å². The predicted molar refractivity (Wildman–Crippen MR) is 110 cm³/mol. The number of pyridine rings is 1. The number of carboxylic acid groups (broad SMARTS) is 1. The fourth-order valence-corrected chi connectivity index (χ4v) is 3.86. The zero-order chi connectivity index (χ0) is 21.1. The molecule has 3 aromatic rings. The van der Waals surface area contributed by atoms with Crippen molar-refractivity contribution in [3.8, 4) is 0 Å². The third-order valence-corrected chi connectivity index (χ3v) is 5.67. The summed E-state index contributed by atoms with van der Waals surface area (Å²) in [4.78, 5) is 15.7. The van der Waals surface area contributed by atoms with E-state index in [-0.39, 0.29) is 11.4 Å². The van der Waals surface area contributed by atoms with Gasteiger partial charge in [-0.25, -0.2) is 9.18 Å². The molecule has 1 saturated carbocycles. The molecule has 0 saturated heterocycles. The van der Waals surface area contributed by atoms with E-state index in [2.05, 4.69) is 19.7 Å². The Kier molecular flexibility index (Phi) is 5.88. The van der Waals surface area contributed by atoms with Crippen LogP contribution in [0.2, 0.25) is 0 Å². The van der Waals surface area contributed by atoms with Crippen molar-refractivity contribution in [2.24, 2.45) is 0 Å². The van der Waals surface area contributed by atoms with Gasteiger partial charge in [-0.1, -0.05) is 18.6 Å². The maximum atomic E-state index is 13.3. The standard InChI is InChI=1S/C23H25FN4O2/c1-15-12-18(23(29)30)13-20(25-15)6-3-7-21-26-27-22(17-4-2-5-17)28(21)14-16-8-10-19(24)11-9-16/h8-13,17H,2-7,14H2,1H3,(H,29,30). The first-order chi connectivity index (χ1) is 14.5. The van der Waals surface area contributed by atoms with E-state index in [1.165, 1.54) is 18.6 Å². The van der Waals surface area contributed by atoms with Crippen LogP contribution >= 0.6 is 0 Å². The van der Waals surface area contributed by atoms with E-state index in [0.29, 0.717) is 24.6 Å². The zero-order valence-corrected chi connectivity index (χ0v) is 17.0. The summed E-state index contributed by atoms with van der Waals surface area (Å²) in [5.74, 6) is 1.19. The Hall–Kier alpha value is -3.09. The fraction of sp³-hybridized carbons (Fsp3) is 0.391. The van der Waals surface area contributed by atoms with Gasteiger partial charge in [0.1, 0.15) is 17.5 Å². The molecule has 6 nitrogen and oxygen atoms in total. The molecule has 7 heteroatoms. The van der Waals surface area contributed by atoms with Crippen molar-refractivity contribution >= 4 is 5.97 Å². The molecule has 0 amide bonds. The number of carbonyl (C=O) groups is 1. The van der Waals surface area contributed by atoms with E-state index in [1.54, 1.807) is 31.2 Å². The molecule has 1 aliphatic rings. The summed E-state index contributed by atoms with van der Waals surface area (Å²) in [6.45, 7) is 2.43. The van der Waals surface area contributed by atoms with Gasteiger partial charge in [0.25, 0.3) is 0 Å². The van der Waals surface area contributed by atoms with E-state index in [0.717, 1.165) is 48.6 Å². The van der Waals surface area contributed by atoms with Crippen molar-refractivity contribution in [2.45, 2.75) is 57.9 Å². The molecule has 0 spiro atoms. The molecule has 156 valence electrons. The van der Waals surface area contributed by atoms with Gasteiger partial charge in [-0.05, 0) is 62.4 Å². The first-order valence-electron chi connectivity index (χ1n) is 10.4. The number of rotatable bonds is 8. The highest BCUT2D eigenvalue weighted by Crippen LogP contribution is 2.35. The van der Waals surface area contributed by atoms with Crippen LogP contribution in [-0.4, -0.2) is 30.8 Å². The number of benzene rings is 1. The molecule has 1 fully saturated rings. The van der Waals surface area contributed by atoms with Crippen LogP contribution in [0.5, 0.6) is 0 Å². The number of nitrogens with zero attached hydrogens (tertiary/aromatic N) is 4. The van der Waals surface area contributed by atoms with E-state index >= 15 is 0 Å². The quantitative estimate of drug-likeness (QED) is 0.601. The molecule has 30 heavy (non-hydrogen) atoms. The highest BCUT2D eigenvalue weighted by Gasteiger charge is 2.26. The lowest BCUT2D eigenvalue weighted by Crippen LogP contribution is -2.17. The van der Waals surface area contributed by atoms with Gasteiger partial charge in [-0.2, -0.15) is 0 Å². The average Bonchev–Trinajstić information content (AvgIpc) is 3.04. The molecular formula is C23H25FN4O2. The van der Waals surface area contributed by atoms with E-state index in [9.17, 15) is 14.3 Å². The molecule has 1 N–H and O–H groups in total. The Morgan fingerprint density at radius 2 is 1.93 bits per heavy atom. The van der Waals surface area contributed by atoms with E-state index in [4.69, 9.17) is 0 Å². The second-order valence-corrected chi connectivity index (χ2v) is 7.96. The Morgan fingerprint density at radius 1 is 1.17 bits per heavy atom. The molecular weight excluding hydrogens is 383 g/mol. The second-order valence-electron chi connectivity index (χ2n) is 7.96. The lowest BCUT2D eigenvalue weighted by molar-refractivity contribution is 0.0696. The van der Waals surface area contributed by atoms with Gasteiger partial charge in [0.05, 0.1) is 12.1 Å². The molecule has 1 aliphatic carbocycles. The maximum absolute atomic E-state index is 13.3. The smallest absolute Gasteiger partial charge is 0.335 e. The number of hydrogen-bond acceptors (Lipinski definition) is 4. The first kappa shape index (κ1) is 20.2. The Morgan fingerprint density at radius 3 is 2.60 bits per heavy atom. The minimum absolute atomic E-state index is 0.242. The minimum atomic E-state index is -0.939. The number of aromatic nitrogens is 4. The second kappa shape index (κ2) is 8.73. The largest absolute Gasteiger partial charge is 0.478 e. The lowest BCUT2D eigenvalue weighted by atomic mass is 9.85. The van der Waals surface area contributed by atoms with Crippen molar-refractivity contribution in [1.29, 1.82) is 0 Å². The minimum Gasteiger partial charge on any atom is -0.478 e. The van der Waals surface area contributed by atoms with Crippen molar-refractivity contribution in [3.63, 3.8) is 0 Å². The van der Waals surface area contributed by atoms with Crippen LogP contribution in [0.3, 0.4) is 0 Å². The third kappa shape index (κ3) is 4.56. The van der Waals surface area contributed by atoms with Gasteiger partial charge in [0.2, 0.25) is 0 Å². The first-order valence-corrected chi connectivity index (χ1v) is 10.4. The van der Waals surface area contributed by atoms with Crippen molar-refractivity contribution in [3.05, 3.63) is 76.4 Å². The fourth-order valence-electron chi connectivity index (χ4n) is 3.86. The van der Waals surface area contributed by atoms with Crippen LogP contribution in [-0.2, 0) is 19.4 Å². The molecule has 0 unspecified atom stereocenters. The van der Waals surface area contributed by atoms with Crippen LogP contribution in [0.1, 0.15) is 70.6 Å². The van der Waals surface area contributed by atoms with E-state index < -0.39 is 5.97 Å². The van der Waals surface area contributed by atoms with Crippen LogP contribution in [0, 0.1) is 12.7 Å². The molecule has 4 rings (SSSR count). The molecule has 2 heterocycles. The zero-order valence-electron chi connectivity index (χ0n) is 17.0. The Balaban J connectivity index is 1.49. The van der Waals surface area contributed by atoms with Crippen LogP contribution in [0.4, 0.5) is 4.39 Å². The lowest BCUT2D eigenvalue weighted by Gasteiger charge is -2.25. The van der Waals surface area contributed by atoms with E-state index in [1.807, 2.05) is 0 Å². The van der Waals surface area contributed by atoms with Crippen molar-refractivity contribution in [1.82, 2.24) is 19.7 Å². The summed E-state index contributed by atoms with van der Waals surface area (Å²) in [6.07, 6.45) is 5.67. The van der Waals surface area contributed by atoms with Gasteiger partial charge >= 0.3 is 5.97 Å². The van der Waals surface area contributed by atoms with Crippen LogP contribution in [0.25, 0.3) is 0 Å². The maximum Gasteiger partial charge on any atom is 0.335 e. The van der Waals surface area contributed by atoms with Gasteiger partial charge in [-0.15, -0.1) is 10.2 Å². The molecule has 1 aromatic carbocycles. The van der Waals surface area contributed by atoms with Crippen LogP contribution in [0.15, 0.2) is 36.4 Å². The normalized spacial score (nSPS) is 13.9. The molecule has 0 atom stereocenters. The monoisotopic (exact) mass is 408 g/mol. The van der Waals surface area contributed by atoms with Crippen LogP contribution < -0.4 is 0 Å². The summed E-state index contributed by atoms with van der Waals surface area (Å²) < 4.78 is 15.4. The third-order valence-electron chi connectivity index (χ3n) is 5.67. The summed E-state index contributed by atoms with van der Waals surface area (Å²) in [5.41, 5.74) is 2.77. The predicted octanol–water partition coefficient (Wildman–Crippen LogP) is 4.31. The SMILES string of the molecule is Cc1cc(C(=O)O)cc(CCCc2nnc(C3CCC3)n2Cc2ccc(F)cc2)n1. The van der Waals surface area contributed by atoms with Gasteiger partial charge in [-0.3, -0.25) is 4.98 Å². The van der Waals surface area contributed by atoms with Gasteiger partial charge in [0, 0.05) is 23.7 Å². The Bertz CT molecular complexity index is 1040. The van der Waals surface area contributed by atoms with Gasteiger partial charge in [0.15, 0.2) is 0 Å². The number of carboxylic acids is 1. The average molecular weight is 408 g/mol. The highest BCUT2D eigenvalue weighted by atomic mass is 19.1. The number of hydrogen-bond donors (Lipinski definition) is 1. The summed E-state index contributed by atoms with van der Waals surface area (Å²) >= 11 is 0. The van der Waals surface area contributed by atoms with Crippen molar-refractivity contribution < 1.29 is 14.3 Å². The summed E-state index contributed by atoms with van der Waals surface area (Å²) in [5, 5.41) is 18.2. The molecule has 0 aliphatic heterocycles. The number of aromatic carboxylic acids is 1. The summed E-state index contributed by atoms with van der Waals surface area (Å²) in [7, 11) is 0. The molecule has 0 radical (unpaired) electrons. The number of aryl methyl sites for hydroxylation is 3. The summed E-state index contributed by atoms with van der Waals surface area (Å²) in [6, 6.07) is 9.77. The molecule has 0 bridgehead atoms. The number of halogens is 1. The van der Waals surface area contributed by atoms with Gasteiger partial charge < -0.3 is 9.67 Å². The van der Waals surface area contributed by atoms with Crippen molar-refractivity contribution in [2.75, 3.05) is 0 Å².